The molecule has 0 aliphatic carbocycles. The first kappa shape index (κ1) is 34.3. The number of nitrogens with two attached hydrogens (primary N) is 1. The van der Waals surface area contributed by atoms with Crippen LogP contribution in [0, 0.1) is 0 Å². The van der Waals surface area contributed by atoms with Crippen molar-refractivity contribution < 1.29 is 19.1 Å². The van der Waals surface area contributed by atoms with E-state index in [2.05, 4.69) is 44.0 Å². The Bertz CT molecular complexity index is 869. The normalized spacial score (nSPS) is 12.8. The van der Waals surface area contributed by atoms with Gasteiger partial charge in [0.05, 0.1) is 0 Å². The van der Waals surface area contributed by atoms with E-state index in [1.165, 1.54) is 51.8 Å². The van der Waals surface area contributed by atoms with Gasteiger partial charge in [0, 0.05) is 0 Å². The van der Waals surface area contributed by atoms with Crippen molar-refractivity contribution in [3.8, 4) is 0 Å². The second-order valence-corrected chi connectivity index (χ2v) is 25.5. The predicted molar refractivity (Wildman–Crippen MR) is 161 cm³/mol. The first-order valence-corrected chi connectivity index (χ1v) is 21.8. The molecule has 1 aromatic carbocycles. The summed E-state index contributed by atoms with van der Waals surface area (Å²) in [6, 6.07) is 8.83. The minimum atomic E-state index is -2.60. The van der Waals surface area contributed by atoms with Crippen LogP contribution < -0.4 is 9.31 Å². The summed E-state index contributed by atoms with van der Waals surface area (Å²) in [5, 5.41) is 0. The average molecular weight is 638 g/mol. The molecule has 0 heterocycles. The van der Waals surface area contributed by atoms with Crippen LogP contribution in [0.25, 0.3) is 0 Å². The molecule has 0 aliphatic rings. The molecule has 8 heteroatoms. The molecule has 0 saturated carbocycles. The summed E-state index contributed by atoms with van der Waals surface area (Å²) < 4.78 is 16.5. The Hall–Kier alpha value is -1.77. The summed E-state index contributed by atoms with van der Waals surface area (Å²) in [6.45, 7) is 17.5. The molecule has 0 bridgehead atoms. The molecule has 216 valence electrons. The van der Waals surface area contributed by atoms with Gasteiger partial charge in [-0.3, -0.25) is 0 Å². The molecule has 2 N–H and O–H groups in total. The summed E-state index contributed by atoms with van der Waals surface area (Å²) in [5.74, 6) is -0.239. The molecule has 0 atom stereocenters. The van der Waals surface area contributed by atoms with Crippen molar-refractivity contribution in [1.82, 2.24) is 4.90 Å². The van der Waals surface area contributed by atoms with Crippen molar-refractivity contribution in [2.75, 3.05) is 0 Å². The third-order valence-electron chi connectivity index (χ3n) is 6.37. The van der Waals surface area contributed by atoms with Crippen molar-refractivity contribution in [3.05, 3.63) is 29.8 Å². The molecule has 0 aliphatic heterocycles. The second kappa shape index (κ2) is 15.7. The number of guanidine groups is 1. The molecular weight excluding hydrogens is 585 g/mol. The van der Waals surface area contributed by atoms with Crippen LogP contribution in [0.2, 0.25) is 13.3 Å². The van der Waals surface area contributed by atoms with Crippen molar-refractivity contribution in [3.63, 3.8) is 0 Å². The molecule has 7 nitrogen and oxygen atoms in total. The number of ether oxygens (including phenoxy) is 2. The summed E-state index contributed by atoms with van der Waals surface area (Å²) in [5.41, 5.74) is 5.63. The van der Waals surface area contributed by atoms with Gasteiger partial charge in [-0.2, -0.15) is 0 Å². The van der Waals surface area contributed by atoms with Gasteiger partial charge in [0.1, 0.15) is 0 Å². The fourth-order valence-corrected chi connectivity index (χ4v) is 20.6. The molecule has 0 saturated heterocycles. The molecule has 0 unspecified atom stereocenters. The van der Waals surface area contributed by atoms with E-state index in [0.29, 0.717) is 4.90 Å². The molecule has 1 rings (SSSR count). The van der Waals surface area contributed by atoms with Gasteiger partial charge in [-0.05, 0) is 0 Å². The summed E-state index contributed by atoms with van der Waals surface area (Å²) in [6.07, 6.45) is 5.73. The van der Waals surface area contributed by atoms with Crippen molar-refractivity contribution >= 4 is 40.1 Å². The number of nitrogens with zero attached hydrogens (tertiary/aromatic N) is 2. The predicted octanol–water partition coefficient (Wildman–Crippen LogP) is 7.73. The molecule has 2 amide bonds. The minimum absolute atomic E-state index is 0.239. The molecule has 0 spiro atoms. The van der Waals surface area contributed by atoms with E-state index in [1.54, 1.807) is 45.1 Å². The number of benzene rings is 1. The summed E-state index contributed by atoms with van der Waals surface area (Å²) >= 11 is -2.60. The maximum atomic E-state index is 12.9. The van der Waals surface area contributed by atoms with Crippen LogP contribution in [0.5, 0.6) is 0 Å². The van der Waals surface area contributed by atoms with Crippen molar-refractivity contribution in [2.45, 2.75) is 132 Å². The molecule has 0 aromatic heterocycles. The van der Waals surface area contributed by atoms with Gasteiger partial charge >= 0.3 is 237 Å². The van der Waals surface area contributed by atoms with Gasteiger partial charge in [-0.15, -0.1) is 0 Å². The van der Waals surface area contributed by atoms with E-state index < -0.39 is 41.8 Å². The molecule has 0 fully saturated rings. The number of hydrogen-bond donors (Lipinski definition) is 1. The van der Waals surface area contributed by atoms with Gasteiger partial charge in [0.25, 0.3) is 0 Å². The van der Waals surface area contributed by atoms with Crippen LogP contribution in [-0.2, 0) is 16.0 Å². The maximum absolute atomic E-state index is 12.9. The number of unbranched alkanes of at least 4 members (excludes halogenated alkanes) is 3. The van der Waals surface area contributed by atoms with E-state index in [0.717, 1.165) is 5.56 Å². The van der Waals surface area contributed by atoms with Gasteiger partial charge in [0.15, 0.2) is 0 Å². The number of amides is 2. The number of aliphatic imine (C=N–C) groups is 1. The van der Waals surface area contributed by atoms with Crippen LogP contribution in [0.3, 0.4) is 0 Å². The fourth-order valence-electron chi connectivity index (χ4n) is 4.47. The Morgan fingerprint density at radius 2 is 1.29 bits per heavy atom. The van der Waals surface area contributed by atoms with Crippen LogP contribution in [0.15, 0.2) is 29.3 Å². The van der Waals surface area contributed by atoms with Crippen LogP contribution in [0.1, 0.15) is 106 Å². The SMILES string of the molecule is CCC[CH2][Sn]([CH2]CCC)([CH2]CCC)[c]1cccc(CN=C(N)N(C(=O)OC(C)(C)C)C(=O)OC(C)(C)C)c1. The quantitative estimate of drug-likeness (QED) is 0.144. The van der Waals surface area contributed by atoms with Crippen LogP contribution >= 0.6 is 0 Å². The topological polar surface area (TPSA) is 94.2 Å². The first-order chi connectivity index (χ1) is 17.7. The van der Waals surface area contributed by atoms with Gasteiger partial charge < -0.3 is 0 Å². The number of carbonyl (C=O) groups excluding carboxylic acids is 2. The zero-order valence-corrected chi connectivity index (χ0v) is 28.3. The molecule has 1 aromatic rings. The number of rotatable bonds is 12. The van der Waals surface area contributed by atoms with Gasteiger partial charge in [-0.1, -0.05) is 0 Å². The average Bonchev–Trinajstić information content (AvgIpc) is 2.80. The van der Waals surface area contributed by atoms with E-state index in [9.17, 15) is 9.59 Å². The van der Waals surface area contributed by atoms with Crippen LogP contribution in [0.4, 0.5) is 9.59 Å². The zero-order chi connectivity index (χ0) is 29.0. The number of carbonyl (C=O) groups is 2. The van der Waals surface area contributed by atoms with Gasteiger partial charge in [-0.25, -0.2) is 0 Å². The Morgan fingerprint density at radius 1 is 0.842 bits per heavy atom. The Kier molecular flexibility index (Phi) is 14.2. The van der Waals surface area contributed by atoms with Gasteiger partial charge in [0.2, 0.25) is 0 Å². The third kappa shape index (κ3) is 12.0. The van der Waals surface area contributed by atoms with E-state index in [4.69, 9.17) is 15.2 Å². The third-order valence-corrected chi connectivity index (χ3v) is 22.0. The molecule has 0 radical (unpaired) electrons. The Morgan fingerprint density at radius 3 is 1.68 bits per heavy atom. The van der Waals surface area contributed by atoms with Crippen LogP contribution in [-0.4, -0.2) is 52.6 Å². The molecular formula is C30H53N3O4Sn. The summed E-state index contributed by atoms with van der Waals surface area (Å²) in [7, 11) is 0. The van der Waals surface area contributed by atoms with Crippen molar-refractivity contribution in [1.29, 1.82) is 0 Å². The van der Waals surface area contributed by atoms with E-state index in [-0.39, 0.29) is 12.5 Å². The fraction of sp³-hybridized carbons (Fsp3) is 0.700. The second-order valence-electron chi connectivity index (χ2n) is 12.3. The Labute approximate surface area is 235 Å². The number of imide groups is 1. The monoisotopic (exact) mass is 639 g/mol. The van der Waals surface area contributed by atoms with Crippen molar-refractivity contribution in [2.24, 2.45) is 10.7 Å². The van der Waals surface area contributed by atoms with E-state index >= 15 is 0 Å². The Balaban J connectivity index is 3.34. The molecule has 38 heavy (non-hydrogen) atoms. The first-order valence-electron chi connectivity index (χ1n) is 14.3. The zero-order valence-electron chi connectivity index (χ0n) is 25.5. The standard InChI is InChI=1S/C18H26N3O4.3C4H9.Sn/c1-17(2,3)24-15(22)21(16(23)25-18(4,5)6)14(19)20-12-13-10-8-7-9-11-13;3*1-3-4-2;/h7-8,10-11H,12H2,1-6H3,(H2,19,20);3*1,3-4H2,2H3;. The number of hydrogen-bond acceptors (Lipinski definition) is 5. The van der Waals surface area contributed by atoms with E-state index in [1.807, 2.05) is 6.07 Å². The summed E-state index contributed by atoms with van der Waals surface area (Å²) in [4.78, 5) is 30.9.